The van der Waals surface area contributed by atoms with Gasteiger partial charge in [0.2, 0.25) is 0 Å². The highest BCUT2D eigenvalue weighted by molar-refractivity contribution is 9.10. The molecule has 0 aromatic carbocycles. The van der Waals surface area contributed by atoms with E-state index in [9.17, 15) is 5.11 Å². The Balaban J connectivity index is 2.15. The lowest BCUT2D eigenvalue weighted by molar-refractivity contribution is -0.00276. The standard InChI is InChI=1S/C12H20BrN3O2/c1-3-16-11(10(13)7-15-16)12(2,17)6-9-8-18-5-4-14-9/h7,9,14,17H,3-6,8H2,1-2H3. The molecule has 2 N–H and O–H groups in total. The Morgan fingerprint density at radius 2 is 2.50 bits per heavy atom. The predicted molar refractivity (Wildman–Crippen MR) is 72.4 cm³/mol. The van der Waals surface area contributed by atoms with E-state index in [1.165, 1.54) is 0 Å². The van der Waals surface area contributed by atoms with Crippen molar-refractivity contribution >= 4 is 15.9 Å². The third-order valence-electron chi connectivity index (χ3n) is 3.25. The molecular weight excluding hydrogens is 298 g/mol. The smallest absolute Gasteiger partial charge is 0.106 e. The van der Waals surface area contributed by atoms with E-state index in [4.69, 9.17) is 4.74 Å². The van der Waals surface area contributed by atoms with Gasteiger partial charge in [-0.15, -0.1) is 0 Å². The van der Waals surface area contributed by atoms with Gasteiger partial charge in [0.25, 0.3) is 0 Å². The largest absolute Gasteiger partial charge is 0.384 e. The lowest BCUT2D eigenvalue weighted by atomic mass is 9.93. The molecule has 1 aliphatic rings. The zero-order valence-electron chi connectivity index (χ0n) is 10.8. The summed E-state index contributed by atoms with van der Waals surface area (Å²) in [5.74, 6) is 0. The lowest BCUT2D eigenvalue weighted by Crippen LogP contribution is -2.45. The van der Waals surface area contributed by atoms with E-state index < -0.39 is 5.60 Å². The Morgan fingerprint density at radius 1 is 1.72 bits per heavy atom. The van der Waals surface area contributed by atoms with Crippen molar-refractivity contribution in [2.75, 3.05) is 19.8 Å². The molecule has 0 spiro atoms. The van der Waals surface area contributed by atoms with Gasteiger partial charge in [0.1, 0.15) is 5.60 Å². The number of aromatic nitrogens is 2. The van der Waals surface area contributed by atoms with Crippen LogP contribution in [0.4, 0.5) is 0 Å². The number of nitrogens with one attached hydrogen (secondary N) is 1. The number of ether oxygens (including phenoxy) is 1. The average molecular weight is 318 g/mol. The van der Waals surface area contributed by atoms with Crippen molar-refractivity contribution in [2.24, 2.45) is 0 Å². The second-order valence-electron chi connectivity index (χ2n) is 4.86. The second kappa shape index (κ2) is 5.69. The highest BCUT2D eigenvalue weighted by atomic mass is 79.9. The van der Waals surface area contributed by atoms with Gasteiger partial charge in [0.15, 0.2) is 0 Å². The predicted octanol–water partition coefficient (Wildman–Crippen LogP) is 1.25. The molecule has 1 fully saturated rings. The maximum Gasteiger partial charge on any atom is 0.106 e. The number of hydrogen-bond donors (Lipinski definition) is 2. The van der Waals surface area contributed by atoms with Crippen LogP contribution in [0.1, 0.15) is 26.0 Å². The molecule has 0 bridgehead atoms. The quantitative estimate of drug-likeness (QED) is 0.877. The van der Waals surface area contributed by atoms with Crippen LogP contribution in [0.2, 0.25) is 0 Å². The van der Waals surface area contributed by atoms with Gasteiger partial charge in [0, 0.05) is 19.1 Å². The first kappa shape index (κ1) is 14.0. The Kier molecular flexibility index (Phi) is 4.42. The monoisotopic (exact) mass is 317 g/mol. The van der Waals surface area contributed by atoms with E-state index in [1.54, 1.807) is 6.20 Å². The highest BCUT2D eigenvalue weighted by Crippen LogP contribution is 2.32. The number of nitrogens with zero attached hydrogens (tertiary/aromatic N) is 2. The third kappa shape index (κ3) is 2.93. The van der Waals surface area contributed by atoms with E-state index in [-0.39, 0.29) is 6.04 Å². The molecule has 0 saturated carbocycles. The van der Waals surface area contributed by atoms with E-state index in [0.717, 1.165) is 29.9 Å². The molecule has 1 aromatic heterocycles. The molecule has 5 nitrogen and oxygen atoms in total. The molecule has 2 heterocycles. The number of hydrogen-bond acceptors (Lipinski definition) is 4. The average Bonchev–Trinajstić information content (AvgIpc) is 2.72. The molecule has 1 aliphatic heterocycles. The summed E-state index contributed by atoms with van der Waals surface area (Å²) in [4.78, 5) is 0. The van der Waals surface area contributed by atoms with Crippen molar-refractivity contribution in [3.63, 3.8) is 0 Å². The molecule has 2 rings (SSSR count). The Bertz CT molecular complexity index is 400. The van der Waals surface area contributed by atoms with Gasteiger partial charge in [-0.25, -0.2) is 0 Å². The van der Waals surface area contributed by atoms with Gasteiger partial charge in [0.05, 0.1) is 29.6 Å². The van der Waals surface area contributed by atoms with Crippen molar-refractivity contribution in [1.82, 2.24) is 15.1 Å². The van der Waals surface area contributed by atoms with Crippen LogP contribution in [0.3, 0.4) is 0 Å². The summed E-state index contributed by atoms with van der Waals surface area (Å²) >= 11 is 3.46. The molecule has 1 aromatic rings. The van der Waals surface area contributed by atoms with E-state index in [1.807, 2.05) is 18.5 Å². The Labute approximate surface area is 116 Å². The molecule has 1 saturated heterocycles. The van der Waals surface area contributed by atoms with Gasteiger partial charge in [-0.1, -0.05) is 0 Å². The van der Waals surface area contributed by atoms with Gasteiger partial charge < -0.3 is 15.2 Å². The highest BCUT2D eigenvalue weighted by Gasteiger charge is 2.33. The minimum atomic E-state index is -0.927. The number of halogens is 1. The van der Waals surface area contributed by atoms with Gasteiger partial charge in [-0.05, 0) is 36.2 Å². The summed E-state index contributed by atoms with van der Waals surface area (Å²) in [5.41, 5.74) is -0.0960. The summed E-state index contributed by atoms with van der Waals surface area (Å²) in [6.45, 7) is 6.82. The third-order valence-corrected chi connectivity index (χ3v) is 3.83. The van der Waals surface area contributed by atoms with Crippen molar-refractivity contribution in [3.8, 4) is 0 Å². The van der Waals surface area contributed by atoms with E-state index >= 15 is 0 Å². The van der Waals surface area contributed by atoms with Crippen molar-refractivity contribution < 1.29 is 9.84 Å². The number of aliphatic hydroxyl groups is 1. The molecule has 0 aliphatic carbocycles. The Morgan fingerprint density at radius 3 is 3.11 bits per heavy atom. The van der Waals surface area contributed by atoms with E-state index in [0.29, 0.717) is 13.0 Å². The van der Waals surface area contributed by atoms with Crippen LogP contribution in [0.5, 0.6) is 0 Å². The maximum atomic E-state index is 10.7. The maximum absolute atomic E-state index is 10.7. The van der Waals surface area contributed by atoms with Gasteiger partial charge in [-0.3, -0.25) is 4.68 Å². The minimum absolute atomic E-state index is 0.181. The summed E-state index contributed by atoms with van der Waals surface area (Å²) in [6, 6.07) is 0.181. The number of rotatable bonds is 4. The van der Waals surface area contributed by atoms with Crippen molar-refractivity contribution in [1.29, 1.82) is 0 Å². The van der Waals surface area contributed by atoms with Crippen molar-refractivity contribution in [3.05, 3.63) is 16.4 Å². The molecule has 6 heteroatoms. The molecule has 0 amide bonds. The summed E-state index contributed by atoms with van der Waals surface area (Å²) in [6.07, 6.45) is 2.34. The summed E-state index contributed by atoms with van der Waals surface area (Å²) in [7, 11) is 0. The molecule has 18 heavy (non-hydrogen) atoms. The molecule has 2 unspecified atom stereocenters. The summed E-state index contributed by atoms with van der Waals surface area (Å²) in [5, 5.41) is 18.3. The van der Waals surface area contributed by atoms with Gasteiger partial charge in [-0.2, -0.15) is 5.10 Å². The number of aryl methyl sites for hydroxylation is 1. The molecule has 0 radical (unpaired) electrons. The van der Waals surface area contributed by atoms with Crippen LogP contribution < -0.4 is 5.32 Å². The van der Waals surface area contributed by atoms with Crippen LogP contribution in [-0.2, 0) is 16.9 Å². The fourth-order valence-electron chi connectivity index (χ4n) is 2.46. The molecular formula is C12H20BrN3O2. The first-order valence-corrected chi connectivity index (χ1v) is 7.09. The minimum Gasteiger partial charge on any atom is -0.384 e. The fraction of sp³-hybridized carbons (Fsp3) is 0.750. The first-order chi connectivity index (χ1) is 8.54. The van der Waals surface area contributed by atoms with Crippen molar-refractivity contribution in [2.45, 2.75) is 38.5 Å². The molecule has 2 atom stereocenters. The van der Waals surface area contributed by atoms with Gasteiger partial charge >= 0.3 is 0 Å². The summed E-state index contributed by atoms with van der Waals surface area (Å²) < 4.78 is 8.10. The SMILES string of the molecule is CCn1ncc(Br)c1C(C)(O)CC1COCCN1. The number of morpholine rings is 1. The first-order valence-electron chi connectivity index (χ1n) is 6.30. The normalized spacial score (nSPS) is 23.9. The van der Waals surface area contributed by atoms with Crippen LogP contribution in [0.15, 0.2) is 10.7 Å². The van der Waals surface area contributed by atoms with Crippen LogP contribution in [0, 0.1) is 0 Å². The topological polar surface area (TPSA) is 59.3 Å². The fourth-order valence-corrected chi connectivity index (χ4v) is 3.19. The van der Waals surface area contributed by atoms with Crippen LogP contribution >= 0.6 is 15.9 Å². The Hall–Kier alpha value is -0.430. The van der Waals surface area contributed by atoms with Crippen LogP contribution in [-0.4, -0.2) is 40.7 Å². The van der Waals surface area contributed by atoms with Crippen LogP contribution in [0.25, 0.3) is 0 Å². The zero-order chi connectivity index (χ0) is 13.2. The zero-order valence-corrected chi connectivity index (χ0v) is 12.4. The molecule has 102 valence electrons. The lowest BCUT2D eigenvalue weighted by Gasteiger charge is -2.32. The van der Waals surface area contributed by atoms with E-state index in [2.05, 4.69) is 26.3 Å². The second-order valence-corrected chi connectivity index (χ2v) is 5.72.